The molecule has 0 spiro atoms. The Hall–Kier alpha value is -0.670. The molecule has 0 rings (SSSR count). The van der Waals surface area contributed by atoms with Gasteiger partial charge in [0.15, 0.2) is 0 Å². The maximum Gasteiger partial charge on any atom is 0.265 e. The number of rotatable bonds is 9. The van der Waals surface area contributed by atoms with Gasteiger partial charge in [-0.25, -0.2) is 0 Å². The van der Waals surface area contributed by atoms with Gasteiger partial charge in [0, 0.05) is 0 Å². The second kappa shape index (κ2) is 10.1. The lowest BCUT2D eigenvalue weighted by Crippen LogP contribution is -2.03. The molecule has 116 valence electrons. The maximum atomic E-state index is 10.4. The van der Waals surface area contributed by atoms with Gasteiger partial charge >= 0.3 is 0 Å². The lowest BCUT2D eigenvalue weighted by molar-refractivity contribution is -0.218. The molecule has 1 atom stereocenters. The highest BCUT2D eigenvalue weighted by Crippen LogP contribution is 2.29. The van der Waals surface area contributed by atoms with Crippen LogP contribution in [0.3, 0.4) is 0 Å². The molecule has 0 aliphatic carbocycles. The van der Waals surface area contributed by atoms with Crippen molar-refractivity contribution in [2.24, 2.45) is 0 Å². The van der Waals surface area contributed by atoms with Crippen molar-refractivity contribution < 1.29 is 18.9 Å². The van der Waals surface area contributed by atoms with Gasteiger partial charge in [-0.05, 0) is 53.4 Å². The molecule has 1 N–H and O–H groups in total. The first kappa shape index (κ1) is 19.3. The zero-order chi connectivity index (χ0) is 15.6. The second-order valence-electron chi connectivity index (χ2n) is 5.22. The number of hydrogen-bond acceptors (Lipinski definition) is 3. The van der Waals surface area contributed by atoms with Crippen LogP contribution in [0.1, 0.15) is 53.4 Å². The molecule has 0 aromatic rings. The standard InChI is InChI=1S/C15H27O4P/c1-13(2)7-5-8-14(3)9-6-10-15(4)11-12-19-20(16,17)18/h7,9,11H,5-6,8,10,12H2,1-4H3,(H2,16,17,18)/p-1/b14-9+,15-11+. The zero-order valence-electron chi connectivity index (χ0n) is 12.9. The molecule has 0 saturated carbocycles. The Bertz CT molecular complexity index is 412. The summed E-state index contributed by atoms with van der Waals surface area (Å²) in [6.45, 7) is 8.14. The molecule has 0 amide bonds. The van der Waals surface area contributed by atoms with Crippen LogP contribution in [0.25, 0.3) is 0 Å². The monoisotopic (exact) mass is 301 g/mol. The summed E-state index contributed by atoms with van der Waals surface area (Å²) in [5, 5.41) is 0. The number of hydrogen-bond donors (Lipinski definition) is 1. The van der Waals surface area contributed by atoms with E-state index in [9.17, 15) is 9.46 Å². The van der Waals surface area contributed by atoms with E-state index >= 15 is 0 Å². The Kier molecular flexibility index (Phi) is 9.78. The molecule has 4 nitrogen and oxygen atoms in total. The van der Waals surface area contributed by atoms with Crippen LogP contribution in [0.2, 0.25) is 0 Å². The van der Waals surface area contributed by atoms with Gasteiger partial charge in [-0.3, -0.25) is 4.57 Å². The third-order valence-electron chi connectivity index (χ3n) is 2.79. The van der Waals surface area contributed by atoms with Gasteiger partial charge in [-0.15, -0.1) is 0 Å². The Balaban J connectivity index is 3.94. The van der Waals surface area contributed by atoms with E-state index in [0.717, 1.165) is 31.3 Å². The van der Waals surface area contributed by atoms with Crippen molar-refractivity contribution in [3.05, 3.63) is 34.9 Å². The maximum absolute atomic E-state index is 10.4. The molecule has 0 bridgehead atoms. The number of phosphoric ester groups is 1. The van der Waals surface area contributed by atoms with Crippen molar-refractivity contribution >= 4 is 7.82 Å². The number of phosphoric acid groups is 1. The normalized spacial score (nSPS) is 15.9. The van der Waals surface area contributed by atoms with Crippen LogP contribution in [-0.2, 0) is 9.09 Å². The van der Waals surface area contributed by atoms with Crippen molar-refractivity contribution in [1.29, 1.82) is 0 Å². The molecule has 5 heteroatoms. The van der Waals surface area contributed by atoms with E-state index in [2.05, 4.69) is 37.4 Å². The third-order valence-corrected chi connectivity index (χ3v) is 3.27. The minimum absolute atomic E-state index is 0.105. The average molecular weight is 301 g/mol. The lowest BCUT2D eigenvalue weighted by Gasteiger charge is -2.13. The molecule has 0 saturated heterocycles. The van der Waals surface area contributed by atoms with Crippen LogP contribution in [0.15, 0.2) is 34.9 Å². The quantitative estimate of drug-likeness (QED) is 0.518. The highest BCUT2D eigenvalue weighted by atomic mass is 31.2. The van der Waals surface area contributed by atoms with Crippen LogP contribution in [0.5, 0.6) is 0 Å². The van der Waals surface area contributed by atoms with Gasteiger partial charge in [-0.2, -0.15) is 0 Å². The van der Waals surface area contributed by atoms with Crippen molar-refractivity contribution in [3.63, 3.8) is 0 Å². The third kappa shape index (κ3) is 13.8. The van der Waals surface area contributed by atoms with Crippen LogP contribution < -0.4 is 4.89 Å². The molecular weight excluding hydrogens is 275 g/mol. The molecule has 1 unspecified atom stereocenters. The zero-order valence-corrected chi connectivity index (χ0v) is 13.8. The van der Waals surface area contributed by atoms with Gasteiger partial charge in [0.05, 0.1) is 6.61 Å². The minimum Gasteiger partial charge on any atom is -0.756 e. The molecule has 0 aromatic carbocycles. The summed E-state index contributed by atoms with van der Waals surface area (Å²) in [7, 11) is -4.60. The van der Waals surface area contributed by atoms with E-state index in [4.69, 9.17) is 4.89 Å². The Morgan fingerprint density at radius 2 is 1.55 bits per heavy atom. The Morgan fingerprint density at radius 3 is 2.05 bits per heavy atom. The smallest absolute Gasteiger partial charge is 0.265 e. The molecule has 0 heterocycles. The molecule has 0 fully saturated rings. The van der Waals surface area contributed by atoms with E-state index in [1.54, 1.807) is 6.08 Å². The summed E-state index contributed by atoms with van der Waals surface area (Å²) in [6.07, 6.45) is 10.0. The van der Waals surface area contributed by atoms with Crippen LogP contribution >= 0.6 is 7.82 Å². The highest BCUT2D eigenvalue weighted by Gasteiger charge is 1.99. The summed E-state index contributed by atoms with van der Waals surface area (Å²) in [5.41, 5.74) is 3.76. The first-order chi connectivity index (χ1) is 9.20. The lowest BCUT2D eigenvalue weighted by atomic mass is 10.1. The van der Waals surface area contributed by atoms with Gasteiger partial charge < -0.3 is 14.3 Å². The minimum atomic E-state index is -4.60. The van der Waals surface area contributed by atoms with Crippen LogP contribution in [0, 0.1) is 0 Å². The van der Waals surface area contributed by atoms with Crippen molar-refractivity contribution in [2.75, 3.05) is 6.61 Å². The number of allylic oxidation sites excluding steroid dienone is 5. The topological polar surface area (TPSA) is 69.6 Å². The van der Waals surface area contributed by atoms with Gasteiger partial charge in [0.2, 0.25) is 0 Å². The molecule has 0 aliphatic rings. The molecular formula is C15H26O4P-. The van der Waals surface area contributed by atoms with E-state index in [1.165, 1.54) is 11.1 Å². The van der Waals surface area contributed by atoms with Gasteiger partial charge in [-0.1, -0.05) is 34.9 Å². The fourth-order valence-electron chi connectivity index (χ4n) is 1.61. The summed E-state index contributed by atoms with van der Waals surface area (Å²) >= 11 is 0. The predicted octanol–water partition coefficient (Wildman–Crippen LogP) is 3.88. The van der Waals surface area contributed by atoms with Crippen molar-refractivity contribution in [1.82, 2.24) is 0 Å². The summed E-state index contributed by atoms with van der Waals surface area (Å²) < 4.78 is 14.6. The fourth-order valence-corrected chi connectivity index (χ4v) is 1.88. The SMILES string of the molecule is CC(C)=CCC/C(C)=C/CC/C(C)=C/COP(=O)([O-])O. The van der Waals surface area contributed by atoms with E-state index in [-0.39, 0.29) is 6.61 Å². The van der Waals surface area contributed by atoms with E-state index < -0.39 is 7.82 Å². The summed E-state index contributed by atoms with van der Waals surface area (Å²) in [6, 6.07) is 0. The van der Waals surface area contributed by atoms with E-state index in [0.29, 0.717) is 0 Å². The first-order valence-electron chi connectivity index (χ1n) is 6.83. The average Bonchev–Trinajstić information content (AvgIpc) is 2.26. The Morgan fingerprint density at radius 1 is 1.05 bits per heavy atom. The molecule has 0 aliphatic heterocycles. The second-order valence-corrected chi connectivity index (χ2v) is 6.42. The van der Waals surface area contributed by atoms with Crippen molar-refractivity contribution in [3.8, 4) is 0 Å². The summed E-state index contributed by atoms with van der Waals surface area (Å²) in [5.74, 6) is 0. The van der Waals surface area contributed by atoms with Crippen LogP contribution in [-0.4, -0.2) is 11.5 Å². The van der Waals surface area contributed by atoms with E-state index in [1.807, 2.05) is 6.92 Å². The molecule has 0 radical (unpaired) electrons. The largest absolute Gasteiger partial charge is 0.756 e. The first-order valence-corrected chi connectivity index (χ1v) is 8.33. The highest BCUT2D eigenvalue weighted by molar-refractivity contribution is 7.44. The summed E-state index contributed by atoms with van der Waals surface area (Å²) in [4.78, 5) is 18.8. The van der Waals surface area contributed by atoms with Crippen LogP contribution in [0.4, 0.5) is 0 Å². The predicted molar refractivity (Wildman–Crippen MR) is 81.2 cm³/mol. The fraction of sp³-hybridized carbons (Fsp3) is 0.600. The van der Waals surface area contributed by atoms with Gasteiger partial charge in [0.1, 0.15) is 0 Å². The van der Waals surface area contributed by atoms with Gasteiger partial charge in [0.25, 0.3) is 7.82 Å². The Labute approximate surface area is 122 Å². The molecule has 0 aromatic heterocycles. The van der Waals surface area contributed by atoms with Crippen molar-refractivity contribution in [2.45, 2.75) is 53.4 Å². The molecule has 20 heavy (non-hydrogen) atoms.